The number of hydrogen-bond acceptors (Lipinski definition) is 5. The van der Waals surface area contributed by atoms with E-state index < -0.39 is 11.9 Å². The monoisotopic (exact) mass is 285 g/mol. The predicted octanol–water partition coefficient (Wildman–Crippen LogP) is 1.39. The highest BCUT2D eigenvalue weighted by Crippen LogP contribution is 2.15. The number of hydrogen-bond donors (Lipinski definition) is 3. The molecule has 106 valence electrons. The van der Waals surface area contributed by atoms with Crippen LogP contribution in [-0.2, 0) is 4.79 Å². The van der Waals surface area contributed by atoms with Gasteiger partial charge in [0.1, 0.15) is 10.7 Å². The lowest BCUT2D eigenvalue weighted by atomic mass is 10.0. The Morgan fingerprint density at radius 2 is 2.26 bits per heavy atom. The van der Waals surface area contributed by atoms with Gasteiger partial charge in [-0.3, -0.25) is 9.59 Å². The van der Waals surface area contributed by atoms with Gasteiger partial charge in [0, 0.05) is 11.9 Å². The van der Waals surface area contributed by atoms with Crippen LogP contribution in [0.25, 0.3) is 0 Å². The fourth-order valence-corrected chi connectivity index (χ4v) is 2.33. The number of carboxylic acids is 1. The number of carbonyl (C=O) groups excluding carboxylic acids is 1. The molecule has 0 radical (unpaired) electrons. The zero-order valence-electron chi connectivity index (χ0n) is 11.0. The standard InChI is InChI=1S/C12H19N3O3S/c1-3-4-8(12(17)18)5-14-10(16)9-6-19-11(15-9)7(2)13/h6-8H,3-5,13H2,1-2H3,(H,14,16)(H,17,18). The average molecular weight is 285 g/mol. The summed E-state index contributed by atoms with van der Waals surface area (Å²) in [5.74, 6) is -1.80. The lowest BCUT2D eigenvalue weighted by molar-refractivity contribution is -0.141. The number of nitrogens with one attached hydrogen (secondary N) is 1. The molecule has 1 rings (SSSR count). The molecule has 0 fully saturated rings. The van der Waals surface area contributed by atoms with Crippen LogP contribution in [0.2, 0.25) is 0 Å². The molecule has 0 aliphatic heterocycles. The Bertz CT molecular complexity index is 445. The van der Waals surface area contributed by atoms with E-state index in [1.807, 2.05) is 6.92 Å². The van der Waals surface area contributed by atoms with E-state index in [0.717, 1.165) is 6.42 Å². The summed E-state index contributed by atoms with van der Waals surface area (Å²) in [5, 5.41) is 13.9. The van der Waals surface area contributed by atoms with Crippen LogP contribution in [0.15, 0.2) is 5.38 Å². The first-order chi connectivity index (χ1) is 8.95. The van der Waals surface area contributed by atoms with Crippen molar-refractivity contribution >= 4 is 23.2 Å². The molecule has 4 N–H and O–H groups in total. The molecule has 6 nitrogen and oxygen atoms in total. The number of aromatic nitrogens is 1. The summed E-state index contributed by atoms with van der Waals surface area (Å²) in [6.45, 7) is 3.82. The van der Waals surface area contributed by atoms with Gasteiger partial charge in [-0.1, -0.05) is 13.3 Å². The van der Waals surface area contributed by atoms with Gasteiger partial charge in [0.25, 0.3) is 5.91 Å². The third-order valence-electron chi connectivity index (χ3n) is 2.64. The molecule has 19 heavy (non-hydrogen) atoms. The van der Waals surface area contributed by atoms with Crippen LogP contribution < -0.4 is 11.1 Å². The largest absolute Gasteiger partial charge is 0.481 e. The van der Waals surface area contributed by atoms with E-state index in [-0.39, 0.29) is 24.2 Å². The van der Waals surface area contributed by atoms with Crippen LogP contribution in [0.1, 0.15) is 48.2 Å². The number of nitrogens with two attached hydrogens (primary N) is 1. The Labute approximate surface area is 116 Å². The molecule has 2 unspecified atom stereocenters. The minimum absolute atomic E-state index is 0.118. The second-order valence-electron chi connectivity index (χ2n) is 4.39. The first-order valence-electron chi connectivity index (χ1n) is 6.17. The fraction of sp³-hybridized carbons (Fsp3) is 0.583. The van der Waals surface area contributed by atoms with Crippen LogP contribution in [0, 0.1) is 5.92 Å². The van der Waals surface area contributed by atoms with Crippen LogP contribution in [-0.4, -0.2) is 28.5 Å². The summed E-state index contributed by atoms with van der Waals surface area (Å²) in [5.41, 5.74) is 5.96. The molecule has 0 saturated carbocycles. The van der Waals surface area contributed by atoms with Gasteiger partial charge in [0.15, 0.2) is 0 Å². The summed E-state index contributed by atoms with van der Waals surface area (Å²) in [4.78, 5) is 26.9. The van der Waals surface area contributed by atoms with Crippen molar-refractivity contribution in [3.8, 4) is 0 Å². The number of rotatable bonds is 7. The van der Waals surface area contributed by atoms with E-state index in [9.17, 15) is 9.59 Å². The van der Waals surface area contributed by atoms with Crippen molar-refractivity contribution in [2.45, 2.75) is 32.7 Å². The van der Waals surface area contributed by atoms with Gasteiger partial charge in [-0.15, -0.1) is 11.3 Å². The van der Waals surface area contributed by atoms with Crippen LogP contribution in [0.3, 0.4) is 0 Å². The summed E-state index contributed by atoms with van der Waals surface area (Å²) in [6.07, 6.45) is 1.30. The van der Waals surface area contributed by atoms with Crippen molar-refractivity contribution in [3.63, 3.8) is 0 Å². The minimum Gasteiger partial charge on any atom is -0.481 e. The third kappa shape index (κ3) is 4.60. The van der Waals surface area contributed by atoms with Crippen molar-refractivity contribution in [2.75, 3.05) is 6.54 Å². The Kier molecular flexibility index (Phi) is 5.91. The third-order valence-corrected chi connectivity index (χ3v) is 3.69. The van der Waals surface area contributed by atoms with Crippen LogP contribution >= 0.6 is 11.3 Å². The first kappa shape index (κ1) is 15.6. The number of carboxylic acid groups (broad SMARTS) is 1. The maximum Gasteiger partial charge on any atom is 0.308 e. The summed E-state index contributed by atoms with van der Waals surface area (Å²) in [7, 11) is 0. The Balaban J connectivity index is 2.56. The molecule has 0 bridgehead atoms. The molecule has 1 aromatic heterocycles. The molecule has 0 aromatic carbocycles. The highest BCUT2D eigenvalue weighted by molar-refractivity contribution is 7.09. The molecule has 0 aliphatic carbocycles. The molecule has 1 amide bonds. The number of aliphatic carboxylic acids is 1. The highest BCUT2D eigenvalue weighted by Gasteiger charge is 2.19. The minimum atomic E-state index is -0.892. The number of amides is 1. The van der Waals surface area contributed by atoms with Crippen LogP contribution in [0.4, 0.5) is 0 Å². The second kappa shape index (κ2) is 7.20. The van der Waals surface area contributed by atoms with E-state index in [1.54, 1.807) is 12.3 Å². The molecule has 1 aromatic rings. The molecular formula is C12H19N3O3S. The summed E-state index contributed by atoms with van der Waals surface area (Å²) in [6, 6.07) is -0.210. The SMILES string of the molecule is CCCC(CNC(=O)c1csc(C(C)N)n1)C(=O)O. The van der Waals surface area contributed by atoms with Crippen LogP contribution in [0.5, 0.6) is 0 Å². The molecule has 7 heteroatoms. The van der Waals surface area contributed by atoms with E-state index in [2.05, 4.69) is 10.3 Å². The Morgan fingerprint density at radius 1 is 1.58 bits per heavy atom. The average Bonchev–Trinajstić information content (AvgIpc) is 2.83. The van der Waals surface area contributed by atoms with Crippen molar-refractivity contribution in [2.24, 2.45) is 11.7 Å². The normalized spacial score (nSPS) is 13.8. The van der Waals surface area contributed by atoms with Crippen molar-refractivity contribution < 1.29 is 14.7 Å². The Morgan fingerprint density at radius 3 is 2.74 bits per heavy atom. The zero-order chi connectivity index (χ0) is 14.4. The fourth-order valence-electron chi connectivity index (χ4n) is 1.57. The first-order valence-corrected chi connectivity index (χ1v) is 7.05. The van der Waals surface area contributed by atoms with Gasteiger partial charge in [0.2, 0.25) is 0 Å². The number of carbonyl (C=O) groups is 2. The summed E-state index contributed by atoms with van der Waals surface area (Å²) >= 11 is 1.32. The van der Waals surface area contributed by atoms with E-state index in [0.29, 0.717) is 11.4 Å². The van der Waals surface area contributed by atoms with E-state index >= 15 is 0 Å². The van der Waals surface area contributed by atoms with Crippen molar-refractivity contribution in [1.29, 1.82) is 0 Å². The lowest BCUT2D eigenvalue weighted by Crippen LogP contribution is -2.33. The predicted molar refractivity (Wildman–Crippen MR) is 73.1 cm³/mol. The quantitative estimate of drug-likeness (QED) is 0.702. The summed E-state index contributed by atoms with van der Waals surface area (Å²) < 4.78 is 0. The topological polar surface area (TPSA) is 105 Å². The molecule has 0 spiro atoms. The number of thiazole rings is 1. The molecular weight excluding hydrogens is 266 g/mol. The van der Waals surface area contributed by atoms with Gasteiger partial charge in [-0.05, 0) is 13.3 Å². The Hall–Kier alpha value is -1.47. The molecule has 2 atom stereocenters. The van der Waals surface area contributed by atoms with Crippen molar-refractivity contribution in [1.82, 2.24) is 10.3 Å². The maximum atomic E-state index is 11.8. The molecule has 1 heterocycles. The van der Waals surface area contributed by atoms with Gasteiger partial charge >= 0.3 is 5.97 Å². The highest BCUT2D eigenvalue weighted by atomic mass is 32.1. The van der Waals surface area contributed by atoms with Gasteiger partial charge < -0.3 is 16.2 Å². The van der Waals surface area contributed by atoms with Gasteiger partial charge in [-0.2, -0.15) is 0 Å². The second-order valence-corrected chi connectivity index (χ2v) is 5.28. The van der Waals surface area contributed by atoms with Gasteiger partial charge in [0.05, 0.1) is 12.0 Å². The zero-order valence-corrected chi connectivity index (χ0v) is 11.9. The number of nitrogens with zero attached hydrogens (tertiary/aromatic N) is 1. The van der Waals surface area contributed by atoms with E-state index in [4.69, 9.17) is 10.8 Å². The molecule has 0 saturated heterocycles. The smallest absolute Gasteiger partial charge is 0.308 e. The lowest BCUT2D eigenvalue weighted by Gasteiger charge is -2.11. The molecule has 0 aliphatic rings. The van der Waals surface area contributed by atoms with Gasteiger partial charge in [-0.25, -0.2) is 4.98 Å². The van der Waals surface area contributed by atoms with Crippen molar-refractivity contribution in [3.05, 3.63) is 16.1 Å². The van der Waals surface area contributed by atoms with E-state index in [1.165, 1.54) is 11.3 Å². The maximum absolute atomic E-state index is 11.8.